The Morgan fingerprint density at radius 1 is 1.35 bits per heavy atom. The average Bonchev–Trinajstić information content (AvgIpc) is 2.45. The van der Waals surface area contributed by atoms with Gasteiger partial charge in [0.1, 0.15) is 5.75 Å². The lowest BCUT2D eigenvalue weighted by molar-refractivity contribution is 0.194. The highest BCUT2D eigenvalue weighted by atomic mass is 16.5. The predicted octanol–water partition coefficient (Wildman–Crippen LogP) is 3.76. The molecule has 1 fully saturated rings. The summed E-state index contributed by atoms with van der Waals surface area (Å²) in [6, 6.07) is 6.57. The van der Waals surface area contributed by atoms with E-state index < -0.39 is 6.10 Å². The lowest BCUT2D eigenvalue weighted by Crippen LogP contribution is -2.36. The Labute approximate surface area is 122 Å². The minimum Gasteiger partial charge on any atom is -0.496 e. The van der Waals surface area contributed by atoms with Gasteiger partial charge in [-0.05, 0) is 37.8 Å². The van der Waals surface area contributed by atoms with Crippen molar-refractivity contribution in [3.8, 4) is 5.75 Å². The van der Waals surface area contributed by atoms with Gasteiger partial charge in [0, 0.05) is 24.3 Å². The first-order valence-corrected chi connectivity index (χ1v) is 7.62. The van der Waals surface area contributed by atoms with Crippen molar-refractivity contribution in [1.29, 1.82) is 0 Å². The summed E-state index contributed by atoms with van der Waals surface area (Å²) in [5.41, 5.74) is 1.99. The van der Waals surface area contributed by atoms with Crippen LogP contribution in [0.1, 0.15) is 51.2 Å². The minimum atomic E-state index is -0.524. The summed E-state index contributed by atoms with van der Waals surface area (Å²) in [5.74, 6) is 1.56. The maximum absolute atomic E-state index is 10.1. The predicted molar refractivity (Wildman–Crippen MR) is 83.5 cm³/mol. The minimum absolute atomic E-state index is 0.524. The summed E-state index contributed by atoms with van der Waals surface area (Å²) < 4.78 is 5.42. The summed E-state index contributed by atoms with van der Waals surface area (Å²) in [5, 5.41) is 10.1. The molecule has 20 heavy (non-hydrogen) atoms. The van der Waals surface area contributed by atoms with Gasteiger partial charge in [0.15, 0.2) is 0 Å². The molecule has 3 atom stereocenters. The van der Waals surface area contributed by atoms with E-state index in [0.717, 1.165) is 22.9 Å². The van der Waals surface area contributed by atoms with Crippen LogP contribution in [0.15, 0.2) is 18.2 Å². The molecule has 0 bridgehead atoms. The topological polar surface area (TPSA) is 32.7 Å². The van der Waals surface area contributed by atoms with Crippen LogP contribution in [0.25, 0.3) is 0 Å². The van der Waals surface area contributed by atoms with Gasteiger partial charge >= 0.3 is 0 Å². The molecule has 1 aromatic rings. The summed E-state index contributed by atoms with van der Waals surface area (Å²) in [7, 11) is 3.80. The quantitative estimate of drug-likeness (QED) is 0.909. The van der Waals surface area contributed by atoms with Gasteiger partial charge in [0.25, 0.3) is 0 Å². The van der Waals surface area contributed by atoms with E-state index in [1.165, 1.54) is 25.7 Å². The van der Waals surface area contributed by atoms with Crippen molar-refractivity contribution in [3.05, 3.63) is 23.8 Å². The van der Waals surface area contributed by atoms with Gasteiger partial charge in [-0.15, -0.1) is 0 Å². The molecular weight excluding hydrogens is 250 g/mol. The Bertz CT molecular complexity index is 445. The number of hydrogen-bond donors (Lipinski definition) is 1. The molecule has 0 spiro atoms. The van der Waals surface area contributed by atoms with E-state index in [2.05, 4.69) is 24.9 Å². The standard InChI is InChI=1S/C17H27NO2/c1-12-7-5-8-14(11-12)18(3)15-9-6-10-16(20-4)17(15)13(2)19/h6,9-10,12-14,19H,5,7-8,11H2,1-4H3/t12?,13-,14?/m1/s1. The highest BCUT2D eigenvalue weighted by Crippen LogP contribution is 2.37. The molecule has 1 aliphatic rings. The number of anilines is 1. The first kappa shape index (κ1) is 15.2. The van der Waals surface area contributed by atoms with Crippen LogP contribution in [-0.2, 0) is 0 Å². The van der Waals surface area contributed by atoms with Crippen LogP contribution in [0.3, 0.4) is 0 Å². The third-order valence-corrected chi connectivity index (χ3v) is 4.52. The van der Waals surface area contributed by atoms with Crippen molar-refractivity contribution in [2.45, 2.75) is 51.7 Å². The molecule has 1 aromatic carbocycles. The van der Waals surface area contributed by atoms with Crippen molar-refractivity contribution in [2.75, 3.05) is 19.1 Å². The van der Waals surface area contributed by atoms with Crippen molar-refractivity contribution >= 4 is 5.69 Å². The van der Waals surface area contributed by atoms with Gasteiger partial charge in [-0.3, -0.25) is 0 Å². The third kappa shape index (κ3) is 3.09. The van der Waals surface area contributed by atoms with Crippen LogP contribution in [0.4, 0.5) is 5.69 Å². The molecule has 0 amide bonds. The molecule has 0 heterocycles. The molecule has 2 rings (SSSR count). The fourth-order valence-electron chi connectivity index (χ4n) is 3.39. The maximum atomic E-state index is 10.1. The molecule has 0 aromatic heterocycles. The molecule has 0 aliphatic heterocycles. The zero-order chi connectivity index (χ0) is 14.7. The average molecular weight is 277 g/mol. The molecular formula is C17H27NO2. The van der Waals surface area contributed by atoms with Gasteiger partial charge in [-0.25, -0.2) is 0 Å². The van der Waals surface area contributed by atoms with Crippen molar-refractivity contribution < 1.29 is 9.84 Å². The van der Waals surface area contributed by atoms with Crippen LogP contribution in [-0.4, -0.2) is 25.3 Å². The largest absolute Gasteiger partial charge is 0.496 e. The van der Waals surface area contributed by atoms with E-state index >= 15 is 0 Å². The summed E-state index contributed by atoms with van der Waals surface area (Å²) >= 11 is 0. The Hall–Kier alpha value is -1.22. The van der Waals surface area contributed by atoms with Crippen molar-refractivity contribution in [3.63, 3.8) is 0 Å². The van der Waals surface area contributed by atoms with Crippen LogP contribution in [0.5, 0.6) is 5.75 Å². The molecule has 2 unspecified atom stereocenters. The van der Waals surface area contributed by atoms with E-state index in [1.54, 1.807) is 14.0 Å². The smallest absolute Gasteiger partial charge is 0.126 e. The summed E-state index contributed by atoms with van der Waals surface area (Å²) in [4.78, 5) is 2.33. The molecule has 0 radical (unpaired) electrons. The number of rotatable bonds is 4. The van der Waals surface area contributed by atoms with Gasteiger partial charge in [-0.2, -0.15) is 0 Å². The van der Waals surface area contributed by atoms with Crippen LogP contribution in [0, 0.1) is 5.92 Å². The summed E-state index contributed by atoms with van der Waals surface area (Å²) in [6.45, 7) is 4.14. The maximum Gasteiger partial charge on any atom is 0.126 e. The number of hydrogen-bond acceptors (Lipinski definition) is 3. The number of nitrogens with zero attached hydrogens (tertiary/aromatic N) is 1. The molecule has 1 aliphatic carbocycles. The Kier molecular flexibility index (Phi) is 4.92. The molecule has 112 valence electrons. The monoisotopic (exact) mass is 277 g/mol. The van der Waals surface area contributed by atoms with Gasteiger partial charge in [0.05, 0.1) is 13.2 Å². The van der Waals surface area contributed by atoms with Gasteiger partial charge < -0.3 is 14.7 Å². The number of methoxy groups -OCH3 is 1. The first-order chi connectivity index (χ1) is 9.54. The fraction of sp³-hybridized carbons (Fsp3) is 0.647. The molecule has 3 heteroatoms. The lowest BCUT2D eigenvalue weighted by Gasteiger charge is -2.37. The van der Waals surface area contributed by atoms with E-state index in [4.69, 9.17) is 4.74 Å². The van der Waals surface area contributed by atoms with Crippen LogP contribution >= 0.6 is 0 Å². The Balaban J connectivity index is 2.31. The van der Waals surface area contributed by atoms with Gasteiger partial charge in [-0.1, -0.05) is 25.8 Å². The number of aliphatic hydroxyl groups excluding tert-OH is 1. The van der Waals surface area contributed by atoms with E-state index in [-0.39, 0.29) is 0 Å². The SMILES string of the molecule is COc1cccc(N(C)C2CCCC(C)C2)c1[C@@H](C)O. The van der Waals surface area contributed by atoms with Gasteiger partial charge in [0.2, 0.25) is 0 Å². The molecule has 1 N–H and O–H groups in total. The number of benzene rings is 1. The van der Waals surface area contributed by atoms with Crippen molar-refractivity contribution in [1.82, 2.24) is 0 Å². The van der Waals surface area contributed by atoms with Crippen LogP contribution in [0.2, 0.25) is 0 Å². The van der Waals surface area contributed by atoms with Crippen LogP contribution < -0.4 is 9.64 Å². The highest BCUT2D eigenvalue weighted by Gasteiger charge is 2.25. The Morgan fingerprint density at radius 3 is 2.70 bits per heavy atom. The Morgan fingerprint density at radius 2 is 2.10 bits per heavy atom. The second kappa shape index (κ2) is 6.49. The van der Waals surface area contributed by atoms with Crippen molar-refractivity contribution in [2.24, 2.45) is 5.92 Å². The zero-order valence-corrected chi connectivity index (χ0v) is 13.1. The normalized spacial score (nSPS) is 24.2. The number of ether oxygens (including phenoxy) is 1. The second-order valence-corrected chi connectivity index (χ2v) is 6.11. The molecule has 3 nitrogen and oxygen atoms in total. The van der Waals surface area contributed by atoms with E-state index in [0.29, 0.717) is 6.04 Å². The van der Waals surface area contributed by atoms with E-state index in [1.807, 2.05) is 12.1 Å². The first-order valence-electron chi connectivity index (χ1n) is 7.62. The molecule has 0 saturated heterocycles. The van der Waals surface area contributed by atoms with E-state index in [9.17, 15) is 5.11 Å². The summed E-state index contributed by atoms with van der Waals surface area (Å²) in [6.07, 6.45) is 4.57. The number of aliphatic hydroxyl groups is 1. The second-order valence-electron chi connectivity index (χ2n) is 6.11. The fourth-order valence-corrected chi connectivity index (χ4v) is 3.39. The lowest BCUT2D eigenvalue weighted by atomic mass is 9.86. The third-order valence-electron chi connectivity index (χ3n) is 4.52. The zero-order valence-electron chi connectivity index (χ0n) is 13.1. The highest BCUT2D eigenvalue weighted by molar-refractivity contribution is 5.60. The molecule has 1 saturated carbocycles.